The third-order valence-corrected chi connectivity index (χ3v) is 3.73. The minimum absolute atomic E-state index is 0.0385. The Morgan fingerprint density at radius 1 is 1.30 bits per heavy atom. The van der Waals surface area contributed by atoms with Crippen LogP contribution >= 0.6 is 0 Å². The number of likely N-dealkylation sites (tertiary alicyclic amines) is 1. The normalized spacial score (nSPS) is 23.1. The van der Waals surface area contributed by atoms with E-state index >= 15 is 0 Å². The fourth-order valence-electron chi connectivity index (χ4n) is 2.89. The number of rotatable bonds is 6. The highest BCUT2D eigenvalue weighted by Gasteiger charge is 2.44. The lowest BCUT2D eigenvalue weighted by atomic mass is 9.84. The number of unbranched alkanes of at least 4 members (excludes halogenated alkanes) is 1. The predicted octanol–water partition coefficient (Wildman–Crippen LogP) is 2.93. The Bertz CT molecular complexity index is 348. The number of amides is 1. The lowest BCUT2D eigenvalue weighted by Crippen LogP contribution is -2.48. The van der Waals surface area contributed by atoms with Gasteiger partial charge in [-0.2, -0.15) is 0 Å². The number of carboxylic acid groups (broad SMARTS) is 1. The van der Waals surface area contributed by atoms with Crippen molar-refractivity contribution in [2.75, 3.05) is 13.2 Å². The lowest BCUT2D eigenvalue weighted by Gasteiger charge is -2.36. The maximum atomic E-state index is 11.3. The first-order chi connectivity index (χ1) is 9.23. The Labute approximate surface area is 121 Å². The third-order valence-electron chi connectivity index (χ3n) is 3.73. The number of carbonyl (C=O) groups is 2. The third kappa shape index (κ3) is 4.78. The van der Waals surface area contributed by atoms with Gasteiger partial charge in [-0.05, 0) is 31.6 Å². The first-order valence-corrected chi connectivity index (χ1v) is 7.34. The van der Waals surface area contributed by atoms with Crippen LogP contribution in [0.25, 0.3) is 0 Å². The van der Waals surface area contributed by atoms with Crippen molar-refractivity contribution >= 4 is 11.9 Å². The summed E-state index contributed by atoms with van der Waals surface area (Å²) in [7, 11) is 0. The monoisotopic (exact) mass is 285 g/mol. The molecule has 0 radical (unpaired) electrons. The molecule has 1 saturated heterocycles. The summed E-state index contributed by atoms with van der Waals surface area (Å²) >= 11 is 0. The highest BCUT2D eigenvalue weighted by atomic mass is 16.5. The minimum Gasteiger partial charge on any atom is -0.465 e. The van der Waals surface area contributed by atoms with Gasteiger partial charge in [0.15, 0.2) is 0 Å². The zero-order chi connectivity index (χ0) is 15.3. The lowest BCUT2D eigenvalue weighted by molar-refractivity contribution is -0.117. The molecular formula is C15H27NO4. The Hall–Kier alpha value is -1.10. The van der Waals surface area contributed by atoms with E-state index in [1.54, 1.807) is 6.92 Å². The van der Waals surface area contributed by atoms with E-state index < -0.39 is 6.09 Å². The average Bonchev–Trinajstić information content (AvgIpc) is 2.71. The van der Waals surface area contributed by atoms with Crippen molar-refractivity contribution in [3.63, 3.8) is 0 Å². The molecule has 1 rings (SSSR count). The van der Waals surface area contributed by atoms with Crippen molar-refractivity contribution < 1.29 is 19.4 Å². The van der Waals surface area contributed by atoms with Crippen LogP contribution in [0.5, 0.6) is 0 Å². The molecule has 1 N–H and O–H groups in total. The Kier molecular flexibility index (Phi) is 5.99. The van der Waals surface area contributed by atoms with Crippen molar-refractivity contribution in [2.24, 2.45) is 5.41 Å². The zero-order valence-electron chi connectivity index (χ0n) is 13.0. The number of nitrogens with zero attached hydrogens (tertiary/aromatic N) is 1. The molecule has 0 aromatic carbocycles. The molecule has 2 unspecified atom stereocenters. The molecule has 1 fully saturated rings. The van der Waals surface area contributed by atoms with Crippen LogP contribution in [-0.2, 0) is 9.53 Å². The van der Waals surface area contributed by atoms with Crippen LogP contribution < -0.4 is 0 Å². The zero-order valence-corrected chi connectivity index (χ0v) is 13.0. The van der Waals surface area contributed by atoms with Crippen molar-refractivity contribution in [2.45, 2.75) is 65.5 Å². The van der Waals surface area contributed by atoms with Crippen LogP contribution in [0.4, 0.5) is 4.79 Å². The number of carbonyl (C=O) groups excluding carboxylic acids is 1. The highest BCUT2D eigenvalue weighted by Crippen LogP contribution is 2.34. The van der Waals surface area contributed by atoms with Crippen LogP contribution in [0.1, 0.15) is 53.4 Å². The topological polar surface area (TPSA) is 66.8 Å². The Morgan fingerprint density at radius 2 is 1.95 bits per heavy atom. The van der Waals surface area contributed by atoms with Crippen molar-refractivity contribution in [3.8, 4) is 0 Å². The van der Waals surface area contributed by atoms with Gasteiger partial charge in [-0.3, -0.25) is 0 Å². The molecule has 1 aliphatic heterocycles. The molecule has 2 atom stereocenters. The van der Waals surface area contributed by atoms with Crippen LogP contribution in [0.15, 0.2) is 0 Å². The average molecular weight is 285 g/mol. The summed E-state index contributed by atoms with van der Waals surface area (Å²) in [5, 5.41) is 9.27. The van der Waals surface area contributed by atoms with Crippen LogP contribution in [0, 0.1) is 5.41 Å². The van der Waals surface area contributed by atoms with E-state index in [1.807, 2.05) is 20.8 Å². The molecular weight excluding hydrogens is 258 g/mol. The molecule has 0 bridgehead atoms. The molecule has 0 spiro atoms. The smallest absolute Gasteiger partial charge is 0.407 e. The fraction of sp³-hybridized carbons (Fsp3) is 0.867. The highest BCUT2D eigenvalue weighted by molar-refractivity contribution is 5.75. The summed E-state index contributed by atoms with van der Waals surface area (Å²) < 4.78 is 5.89. The van der Waals surface area contributed by atoms with E-state index in [-0.39, 0.29) is 23.3 Å². The van der Waals surface area contributed by atoms with Gasteiger partial charge in [-0.15, -0.1) is 0 Å². The summed E-state index contributed by atoms with van der Waals surface area (Å²) in [5.74, 6) is 0.204. The van der Waals surface area contributed by atoms with Crippen LogP contribution in [0.2, 0.25) is 0 Å². The van der Waals surface area contributed by atoms with E-state index in [0.717, 1.165) is 19.3 Å². The van der Waals surface area contributed by atoms with Gasteiger partial charge in [0.2, 0.25) is 0 Å². The molecule has 1 heterocycles. The Morgan fingerprint density at radius 3 is 2.45 bits per heavy atom. The fourth-order valence-corrected chi connectivity index (χ4v) is 2.89. The molecule has 1 aliphatic rings. The molecule has 0 aromatic rings. The predicted molar refractivity (Wildman–Crippen MR) is 76.9 cm³/mol. The van der Waals surface area contributed by atoms with Gasteiger partial charge in [0.05, 0.1) is 12.1 Å². The first kappa shape index (κ1) is 17.0. The molecule has 20 heavy (non-hydrogen) atoms. The largest absolute Gasteiger partial charge is 0.465 e. The number of Topliss-reactive ketones (excluding diaryl/α,β-unsaturated/α-hetero) is 1. The van der Waals surface area contributed by atoms with Crippen molar-refractivity contribution in [1.29, 1.82) is 0 Å². The van der Waals surface area contributed by atoms with Crippen molar-refractivity contribution in [3.05, 3.63) is 0 Å². The van der Waals surface area contributed by atoms with Crippen LogP contribution in [0.3, 0.4) is 0 Å². The Balaban J connectivity index is 2.48. The molecule has 5 heteroatoms. The number of ketones is 1. The van der Waals surface area contributed by atoms with Gasteiger partial charge in [-0.25, -0.2) is 4.79 Å². The number of ether oxygens (including phenoxy) is 1. The van der Waals surface area contributed by atoms with E-state index in [1.165, 1.54) is 4.90 Å². The van der Waals surface area contributed by atoms with Gasteiger partial charge < -0.3 is 19.5 Å². The summed E-state index contributed by atoms with van der Waals surface area (Å²) in [5.41, 5.74) is -0.140. The van der Waals surface area contributed by atoms with E-state index in [2.05, 4.69) is 0 Å². The van der Waals surface area contributed by atoms with Gasteiger partial charge in [-0.1, -0.05) is 20.8 Å². The van der Waals surface area contributed by atoms with Gasteiger partial charge in [0, 0.05) is 19.6 Å². The summed E-state index contributed by atoms with van der Waals surface area (Å²) in [6.07, 6.45) is 2.13. The van der Waals surface area contributed by atoms with Gasteiger partial charge in [0.25, 0.3) is 0 Å². The molecule has 116 valence electrons. The van der Waals surface area contributed by atoms with Crippen molar-refractivity contribution in [1.82, 2.24) is 4.90 Å². The summed E-state index contributed by atoms with van der Waals surface area (Å²) in [6, 6.07) is -0.104. The maximum absolute atomic E-state index is 11.3. The molecule has 0 aromatic heterocycles. The molecule has 5 nitrogen and oxygen atoms in total. The standard InChI is InChI=1S/C15H27NO4/c1-11(17)7-5-6-10-20-12-8-9-16(14(18)19)13(12)15(2,3)4/h12-13H,5-10H2,1-4H3,(H,18,19). The minimum atomic E-state index is -0.868. The quantitative estimate of drug-likeness (QED) is 0.762. The molecule has 0 saturated carbocycles. The summed E-state index contributed by atoms with van der Waals surface area (Å²) in [6.45, 7) is 8.87. The maximum Gasteiger partial charge on any atom is 0.407 e. The first-order valence-electron chi connectivity index (χ1n) is 7.34. The van der Waals surface area contributed by atoms with E-state index in [0.29, 0.717) is 19.6 Å². The van der Waals surface area contributed by atoms with Gasteiger partial charge in [0.1, 0.15) is 5.78 Å². The second-order valence-corrected chi connectivity index (χ2v) is 6.64. The van der Waals surface area contributed by atoms with E-state index in [4.69, 9.17) is 4.74 Å². The number of hydrogen-bond donors (Lipinski definition) is 1. The second kappa shape index (κ2) is 7.07. The van der Waals surface area contributed by atoms with Crippen LogP contribution in [-0.4, -0.2) is 47.2 Å². The molecule has 0 aliphatic carbocycles. The molecule has 1 amide bonds. The SMILES string of the molecule is CC(=O)CCCCOC1CCN(C(=O)O)C1C(C)(C)C. The summed E-state index contributed by atoms with van der Waals surface area (Å²) in [4.78, 5) is 23.6. The van der Waals surface area contributed by atoms with Gasteiger partial charge >= 0.3 is 6.09 Å². The number of hydrogen-bond acceptors (Lipinski definition) is 3. The van der Waals surface area contributed by atoms with E-state index in [9.17, 15) is 14.7 Å². The second-order valence-electron chi connectivity index (χ2n) is 6.64.